The Hall–Kier alpha value is -3.39. The lowest BCUT2D eigenvalue weighted by atomic mass is 10.0. The molecule has 6 nitrogen and oxygen atoms in total. The molecule has 8 heteroatoms. The van der Waals surface area contributed by atoms with Crippen LogP contribution >= 0.6 is 0 Å². The van der Waals surface area contributed by atoms with E-state index >= 15 is 0 Å². The highest BCUT2D eigenvalue weighted by Crippen LogP contribution is 2.26. The minimum atomic E-state index is -4.11. The number of benzene rings is 3. The average Bonchev–Trinajstić information content (AvgIpc) is 2.78. The van der Waals surface area contributed by atoms with Crippen LogP contribution in [0.2, 0.25) is 0 Å². The van der Waals surface area contributed by atoms with Crippen molar-refractivity contribution in [3.8, 4) is 5.75 Å². The second kappa shape index (κ2) is 10.7. The number of aryl methyl sites for hydroxylation is 2. The molecule has 0 saturated carbocycles. The number of ether oxygens (including phenoxy) is 1. The van der Waals surface area contributed by atoms with Crippen molar-refractivity contribution in [1.29, 1.82) is 0 Å². The first-order valence-electron chi connectivity index (χ1n) is 11.0. The van der Waals surface area contributed by atoms with Gasteiger partial charge in [0.2, 0.25) is 5.91 Å². The lowest BCUT2D eigenvalue weighted by Gasteiger charge is -2.25. The quantitative estimate of drug-likeness (QED) is 0.468. The minimum Gasteiger partial charge on any atom is -0.494 e. The average molecular weight is 485 g/mol. The van der Waals surface area contributed by atoms with Gasteiger partial charge in [-0.05, 0) is 87.4 Å². The zero-order valence-corrected chi connectivity index (χ0v) is 20.5. The Kier molecular flexibility index (Phi) is 7.94. The molecule has 1 N–H and O–H groups in total. The van der Waals surface area contributed by atoms with Gasteiger partial charge in [0.1, 0.15) is 18.1 Å². The number of rotatable bonds is 9. The number of hydrogen-bond acceptors (Lipinski definition) is 4. The predicted molar refractivity (Wildman–Crippen MR) is 131 cm³/mol. The zero-order valence-electron chi connectivity index (χ0n) is 19.7. The van der Waals surface area contributed by atoms with Crippen molar-refractivity contribution < 1.29 is 22.3 Å². The fourth-order valence-electron chi connectivity index (χ4n) is 3.73. The number of halogens is 1. The summed E-state index contributed by atoms with van der Waals surface area (Å²) in [7, 11) is -4.11. The van der Waals surface area contributed by atoms with E-state index < -0.39 is 28.3 Å². The molecule has 1 amide bonds. The number of carbonyl (C=O) groups is 1. The summed E-state index contributed by atoms with van der Waals surface area (Å²) in [6.07, 6.45) is 0. The van der Waals surface area contributed by atoms with Gasteiger partial charge in [0.15, 0.2) is 0 Å². The Balaban J connectivity index is 1.88. The zero-order chi connectivity index (χ0) is 24.9. The molecule has 0 aliphatic heterocycles. The second-order valence-corrected chi connectivity index (χ2v) is 9.90. The van der Waals surface area contributed by atoms with E-state index in [1.165, 1.54) is 24.3 Å². The minimum absolute atomic E-state index is 0.00416. The number of anilines is 1. The lowest BCUT2D eigenvalue weighted by molar-refractivity contribution is -0.120. The van der Waals surface area contributed by atoms with Crippen LogP contribution in [-0.2, 0) is 14.8 Å². The van der Waals surface area contributed by atoms with Crippen LogP contribution in [0.15, 0.2) is 71.6 Å². The monoisotopic (exact) mass is 484 g/mol. The molecule has 0 heterocycles. The van der Waals surface area contributed by atoms with Crippen LogP contribution in [-0.4, -0.2) is 27.5 Å². The number of hydrogen-bond donors (Lipinski definition) is 1. The molecule has 0 bridgehead atoms. The Morgan fingerprint density at radius 1 is 1.03 bits per heavy atom. The van der Waals surface area contributed by atoms with Crippen molar-refractivity contribution in [2.75, 3.05) is 17.5 Å². The third-order valence-electron chi connectivity index (χ3n) is 5.39. The molecule has 0 unspecified atom stereocenters. The predicted octanol–water partition coefficient (Wildman–Crippen LogP) is 4.91. The smallest absolute Gasteiger partial charge is 0.264 e. The molecule has 3 rings (SSSR count). The van der Waals surface area contributed by atoms with Crippen LogP contribution in [0.3, 0.4) is 0 Å². The van der Waals surface area contributed by atoms with Gasteiger partial charge in [-0.2, -0.15) is 0 Å². The van der Waals surface area contributed by atoms with Crippen molar-refractivity contribution in [3.63, 3.8) is 0 Å². The molecule has 34 heavy (non-hydrogen) atoms. The van der Waals surface area contributed by atoms with Crippen LogP contribution in [0.25, 0.3) is 0 Å². The number of nitrogens with zero attached hydrogens (tertiary/aromatic N) is 1. The summed E-state index contributed by atoms with van der Waals surface area (Å²) in [6, 6.07) is 16.6. The van der Waals surface area contributed by atoms with Gasteiger partial charge in [0, 0.05) is 0 Å². The van der Waals surface area contributed by atoms with E-state index in [4.69, 9.17) is 4.74 Å². The fourth-order valence-corrected chi connectivity index (χ4v) is 5.15. The lowest BCUT2D eigenvalue weighted by Crippen LogP contribution is -2.41. The van der Waals surface area contributed by atoms with Gasteiger partial charge in [-0.1, -0.05) is 23.8 Å². The molecule has 3 aromatic carbocycles. The Morgan fingerprint density at radius 3 is 2.26 bits per heavy atom. The van der Waals surface area contributed by atoms with Gasteiger partial charge in [0.05, 0.1) is 23.2 Å². The second-order valence-electron chi connectivity index (χ2n) is 8.04. The number of sulfonamides is 1. The van der Waals surface area contributed by atoms with Crippen LogP contribution in [0.5, 0.6) is 5.75 Å². The molecule has 0 spiro atoms. The molecule has 180 valence electrons. The van der Waals surface area contributed by atoms with E-state index in [9.17, 15) is 17.6 Å². The van der Waals surface area contributed by atoms with Gasteiger partial charge >= 0.3 is 0 Å². The molecule has 0 aromatic heterocycles. The first kappa shape index (κ1) is 25.2. The number of amides is 1. The number of carbonyl (C=O) groups excluding carboxylic acids is 1. The summed E-state index contributed by atoms with van der Waals surface area (Å²) in [5.74, 6) is -0.448. The molecule has 3 aromatic rings. The fraction of sp³-hybridized carbons (Fsp3) is 0.269. The summed E-state index contributed by atoms with van der Waals surface area (Å²) >= 11 is 0. The first-order valence-corrected chi connectivity index (χ1v) is 12.4. The summed E-state index contributed by atoms with van der Waals surface area (Å²) in [6.45, 7) is 7.62. The Morgan fingerprint density at radius 2 is 1.68 bits per heavy atom. The van der Waals surface area contributed by atoms with Gasteiger partial charge in [-0.25, -0.2) is 12.8 Å². The molecular formula is C26H29FN2O4S. The molecule has 1 atom stereocenters. The van der Waals surface area contributed by atoms with E-state index in [-0.39, 0.29) is 16.6 Å². The van der Waals surface area contributed by atoms with E-state index in [1.807, 2.05) is 45.9 Å². The van der Waals surface area contributed by atoms with Crippen LogP contribution in [0.1, 0.15) is 36.6 Å². The van der Waals surface area contributed by atoms with E-state index in [2.05, 4.69) is 5.32 Å². The van der Waals surface area contributed by atoms with Crippen LogP contribution in [0, 0.1) is 19.7 Å². The van der Waals surface area contributed by atoms with Crippen molar-refractivity contribution in [2.45, 2.75) is 38.6 Å². The Bertz CT molecular complexity index is 1240. The van der Waals surface area contributed by atoms with Crippen LogP contribution in [0.4, 0.5) is 10.1 Å². The van der Waals surface area contributed by atoms with E-state index in [0.29, 0.717) is 12.4 Å². The largest absolute Gasteiger partial charge is 0.494 e. The number of nitrogens with one attached hydrogen (secondary N) is 1. The summed E-state index contributed by atoms with van der Waals surface area (Å²) in [5, 5.41) is 2.88. The van der Waals surface area contributed by atoms with Gasteiger partial charge < -0.3 is 10.1 Å². The summed E-state index contributed by atoms with van der Waals surface area (Å²) in [5.41, 5.74) is 3.28. The maximum Gasteiger partial charge on any atom is 0.264 e. The SMILES string of the molecule is CCOc1ccc(S(=O)(=O)N(CC(=O)N[C@@H](C)c2ccc(C)cc2C)c2ccc(F)cc2)cc1. The highest BCUT2D eigenvalue weighted by Gasteiger charge is 2.28. The summed E-state index contributed by atoms with van der Waals surface area (Å²) in [4.78, 5) is 13.0. The van der Waals surface area contributed by atoms with Crippen molar-refractivity contribution in [3.05, 3.63) is 89.2 Å². The van der Waals surface area contributed by atoms with Crippen molar-refractivity contribution >= 4 is 21.6 Å². The molecule has 0 aliphatic rings. The maximum absolute atomic E-state index is 13.5. The highest BCUT2D eigenvalue weighted by molar-refractivity contribution is 7.92. The Labute approximate surface area is 200 Å². The van der Waals surface area contributed by atoms with E-state index in [1.54, 1.807) is 12.1 Å². The molecule has 0 saturated heterocycles. The normalized spacial score (nSPS) is 12.1. The standard InChI is InChI=1S/C26H29FN2O4S/c1-5-33-23-11-13-24(14-12-23)34(31,32)29(22-9-7-21(27)8-10-22)17-26(30)28-20(4)25-15-6-18(2)16-19(25)3/h6-16,20H,5,17H2,1-4H3,(H,28,30)/t20-/m0/s1. The topological polar surface area (TPSA) is 75.7 Å². The third-order valence-corrected chi connectivity index (χ3v) is 7.18. The van der Waals surface area contributed by atoms with E-state index in [0.717, 1.165) is 33.1 Å². The highest BCUT2D eigenvalue weighted by atomic mass is 32.2. The third kappa shape index (κ3) is 5.94. The maximum atomic E-state index is 13.5. The van der Waals surface area contributed by atoms with Crippen molar-refractivity contribution in [2.24, 2.45) is 0 Å². The molecule has 0 radical (unpaired) electrons. The van der Waals surface area contributed by atoms with Gasteiger partial charge in [-0.15, -0.1) is 0 Å². The molecule has 0 aliphatic carbocycles. The van der Waals surface area contributed by atoms with Crippen molar-refractivity contribution in [1.82, 2.24) is 5.32 Å². The van der Waals surface area contributed by atoms with Crippen LogP contribution < -0.4 is 14.4 Å². The summed E-state index contributed by atoms with van der Waals surface area (Å²) < 4.78 is 46.8. The molecular weight excluding hydrogens is 455 g/mol. The first-order chi connectivity index (χ1) is 16.1. The van der Waals surface area contributed by atoms with Gasteiger partial charge in [-0.3, -0.25) is 9.10 Å². The molecule has 0 fully saturated rings. The van der Waals surface area contributed by atoms with Gasteiger partial charge in [0.25, 0.3) is 10.0 Å².